The van der Waals surface area contributed by atoms with Crippen molar-refractivity contribution in [2.24, 2.45) is 0 Å². The van der Waals surface area contributed by atoms with Crippen LogP contribution in [0, 0.1) is 0 Å². The minimum absolute atomic E-state index is 0.125. The van der Waals surface area contributed by atoms with Gasteiger partial charge < -0.3 is 15.2 Å². The molecule has 0 spiro atoms. The number of rotatable bonds is 5. The Kier molecular flexibility index (Phi) is 4.29. The van der Waals surface area contributed by atoms with Crippen LogP contribution in [0.15, 0.2) is 18.5 Å². The van der Waals surface area contributed by atoms with Gasteiger partial charge in [0, 0.05) is 13.6 Å². The van der Waals surface area contributed by atoms with E-state index in [9.17, 15) is 13.2 Å². The lowest BCUT2D eigenvalue weighted by Gasteiger charge is -2.12. The van der Waals surface area contributed by atoms with E-state index >= 15 is 0 Å². The lowest BCUT2D eigenvalue weighted by molar-refractivity contribution is -0.137. The molecule has 0 fully saturated rings. The second-order valence-electron chi connectivity index (χ2n) is 4.26. The Morgan fingerprint density at radius 1 is 1.24 bits per heavy atom. The summed E-state index contributed by atoms with van der Waals surface area (Å²) >= 11 is 0. The molecule has 0 amide bonds. The molecule has 9 heteroatoms. The number of aryl methyl sites for hydroxylation is 1. The Bertz CT molecular complexity index is 607. The quantitative estimate of drug-likeness (QED) is 0.887. The molecule has 0 aliphatic carbocycles. The molecule has 21 heavy (non-hydrogen) atoms. The fourth-order valence-corrected chi connectivity index (χ4v) is 1.76. The van der Waals surface area contributed by atoms with Crippen molar-refractivity contribution >= 4 is 11.6 Å². The van der Waals surface area contributed by atoms with Crippen LogP contribution in [-0.4, -0.2) is 26.8 Å². The number of anilines is 2. The first-order valence-electron chi connectivity index (χ1n) is 6.31. The van der Waals surface area contributed by atoms with E-state index in [4.69, 9.17) is 0 Å². The van der Waals surface area contributed by atoms with E-state index in [1.807, 2.05) is 6.92 Å². The van der Waals surface area contributed by atoms with Gasteiger partial charge in [0.1, 0.15) is 18.0 Å². The molecule has 6 nitrogen and oxygen atoms in total. The molecule has 2 aromatic rings. The predicted octanol–water partition coefficient (Wildman–Crippen LogP) is 2.37. The van der Waals surface area contributed by atoms with Gasteiger partial charge in [-0.05, 0) is 19.1 Å². The van der Waals surface area contributed by atoms with Crippen LogP contribution in [0.25, 0.3) is 0 Å². The number of nitrogens with zero attached hydrogens (tertiary/aromatic N) is 4. The first kappa shape index (κ1) is 15.1. The van der Waals surface area contributed by atoms with Gasteiger partial charge in [-0.3, -0.25) is 0 Å². The fourth-order valence-electron chi connectivity index (χ4n) is 1.76. The molecule has 0 bridgehead atoms. The van der Waals surface area contributed by atoms with Crippen molar-refractivity contribution in [1.82, 2.24) is 19.7 Å². The van der Waals surface area contributed by atoms with Crippen molar-refractivity contribution in [3.05, 3.63) is 29.8 Å². The number of alkyl halides is 3. The number of aromatic nitrogens is 4. The van der Waals surface area contributed by atoms with Crippen molar-refractivity contribution in [2.45, 2.75) is 26.2 Å². The normalized spacial score (nSPS) is 11.5. The Morgan fingerprint density at radius 2 is 1.95 bits per heavy atom. The molecule has 0 aliphatic heterocycles. The molecule has 0 aromatic carbocycles. The van der Waals surface area contributed by atoms with Gasteiger partial charge >= 0.3 is 6.18 Å². The molecule has 114 valence electrons. The van der Waals surface area contributed by atoms with Gasteiger partial charge in [-0.15, -0.1) is 10.2 Å². The third kappa shape index (κ3) is 3.61. The average Bonchev–Trinajstić information content (AvgIpc) is 2.91. The highest BCUT2D eigenvalue weighted by Gasteiger charge is 2.31. The summed E-state index contributed by atoms with van der Waals surface area (Å²) in [5.41, 5.74) is -0.763. The molecule has 0 unspecified atom stereocenters. The largest absolute Gasteiger partial charge is 0.416 e. The van der Waals surface area contributed by atoms with E-state index < -0.39 is 11.7 Å². The molecular weight excluding hydrogens is 285 g/mol. The van der Waals surface area contributed by atoms with E-state index in [0.717, 1.165) is 12.1 Å². The molecule has 2 N–H and O–H groups in total. The standard InChI is InChI=1S/C12H15F3N6/c1-3-21-7-18-20-11(21)6-17-10-5-8(12(13,14)15)4-9(16-2)19-10/h4-5,7H,3,6H2,1-2H3,(H2,16,17,19). The minimum atomic E-state index is -4.42. The third-order valence-corrected chi connectivity index (χ3v) is 2.87. The molecule has 0 aliphatic rings. The molecule has 2 aromatic heterocycles. The van der Waals surface area contributed by atoms with Gasteiger partial charge in [0.15, 0.2) is 5.82 Å². The zero-order chi connectivity index (χ0) is 15.5. The van der Waals surface area contributed by atoms with Gasteiger partial charge in [0.2, 0.25) is 0 Å². The zero-order valence-corrected chi connectivity index (χ0v) is 11.6. The lowest BCUT2D eigenvalue weighted by atomic mass is 10.2. The zero-order valence-electron chi connectivity index (χ0n) is 11.6. The summed E-state index contributed by atoms with van der Waals surface area (Å²) in [6.45, 7) is 2.85. The molecule has 2 heterocycles. The number of nitrogens with one attached hydrogen (secondary N) is 2. The van der Waals surface area contributed by atoms with E-state index in [1.54, 1.807) is 10.9 Å². The molecular formula is C12H15F3N6. The van der Waals surface area contributed by atoms with E-state index in [-0.39, 0.29) is 18.2 Å². The van der Waals surface area contributed by atoms with Crippen LogP contribution in [0.4, 0.5) is 24.8 Å². The van der Waals surface area contributed by atoms with E-state index in [2.05, 4.69) is 25.8 Å². The highest BCUT2D eigenvalue weighted by Crippen LogP contribution is 2.32. The molecule has 2 rings (SSSR count). The van der Waals surface area contributed by atoms with Gasteiger partial charge in [-0.25, -0.2) is 4.98 Å². The summed E-state index contributed by atoms with van der Waals surface area (Å²) in [6, 6.07) is 1.92. The van der Waals surface area contributed by atoms with E-state index in [1.165, 1.54) is 7.05 Å². The van der Waals surface area contributed by atoms with Crippen molar-refractivity contribution in [3.8, 4) is 0 Å². The average molecular weight is 300 g/mol. The minimum Gasteiger partial charge on any atom is -0.373 e. The number of halogens is 3. The highest BCUT2D eigenvalue weighted by molar-refractivity contribution is 5.49. The molecule has 0 saturated heterocycles. The Hall–Kier alpha value is -2.32. The van der Waals surface area contributed by atoms with Gasteiger partial charge in [0.25, 0.3) is 0 Å². The summed E-state index contributed by atoms with van der Waals surface area (Å²) in [5.74, 6) is 0.895. The van der Waals surface area contributed by atoms with Crippen LogP contribution < -0.4 is 10.6 Å². The number of pyridine rings is 1. The summed E-state index contributed by atoms with van der Waals surface area (Å²) in [5, 5.41) is 13.1. The second-order valence-corrected chi connectivity index (χ2v) is 4.26. The number of hydrogen-bond donors (Lipinski definition) is 2. The SMILES string of the molecule is CCn1cnnc1CNc1cc(C(F)(F)F)cc(NC)n1. The van der Waals surface area contributed by atoms with Gasteiger partial charge in [-0.1, -0.05) is 0 Å². The predicted molar refractivity (Wildman–Crippen MR) is 71.8 cm³/mol. The van der Waals surface area contributed by atoms with Crippen molar-refractivity contribution in [2.75, 3.05) is 17.7 Å². The smallest absolute Gasteiger partial charge is 0.373 e. The maximum atomic E-state index is 12.8. The van der Waals surface area contributed by atoms with Crippen molar-refractivity contribution < 1.29 is 13.2 Å². The summed E-state index contributed by atoms with van der Waals surface area (Å²) in [7, 11) is 1.51. The van der Waals surface area contributed by atoms with E-state index in [0.29, 0.717) is 12.4 Å². The van der Waals surface area contributed by atoms with Crippen molar-refractivity contribution in [1.29, 1.82) is 0 Å². The van der Waals surface area contributed by atoms with Crippen LogP contribution >= 0.6 is 0 Å². The molecule has 0 atom stereocenters. The Labute approximate surface area is 119 Å². The number of hydrogen-bond acceptors (Lipinski definition) is 5. The van der Waals surface area contributed by atoms with Gasteiger partial charge in [0.05, 0.1) is 12.1 Å². The second kappa shape index (κ2) is 5.98. The fraction of sp³-hybridized carbons (Fsp3) is 0.417. The Morgan fingerprint density at radius 3 is 2.57 bits per heavy atom. The first-order valence-corrected chi connectivity index (χ1v) is 6.31. The van der Waals surface area contributed by atoms with Crippen LogP contribution in [-0.2, 0) is 19.3 Å². The summed E-state index contributed by atoms with van der Waals surface area (Å²) < 4.78 is 40.2. The molecule has 0 saturated carbocycles. The summed E-state index contributed by atoms with van der Waals surface area (Å²) in [4.78, 5) is 4.04. The van der Waals surface area contributed by atoms with Crippen LogP contribution in [0.5, 0.6) is 0 Å². The highest BCUT2D eigenvalue weighted by atomic mass is 19.4. The Balaban J connectivity index is 2.19. The topological polar surface area (TPSA) is 67.7 Å². The van der Waals surface area contributed by atoms with Crippen molar-refractivity contribution in [3.63, 3.8) is 0 Å². The molecule has 0 radical (unpaired) electrons. The summed E-state index contributed by atoms with van der Waals surface area (Å²) in [6.07, 6.45) is -2.86. The maximum Gasteiger partial charge on any atom is 0.416 e. The monoisotopic (exact) mass is 300 g/mol. The van der Waals surface area contributed by atoms with Gasteiger partial charge in [-0.2, -0.15) is 13.2 Å². The van der Waals surface area contributed by atoms with Crippen LogP contribution in [0.2, 0.25) is 0 Å². The maximum absolute atomic E-state index is 12.8. The van der Waals surface area contributed by atoms with Crippen LogP contribution in [0.3, 0.4) is 0 Å². The lowest BCUT2D eigenvalue weighted by Crippen LogP contribution is -2.12. The third-order valence-electron chi connectivity index (χ3n) is 2.87. The first-order chi connectivity index (χ1) is 9.94. The van der Waals surface area contributed by atoms with Crippen LogP contribution in [0.1, 0.15) is 18.3 Å².